The fourth-order valence-corrected chi connectivity index (χ4v) is 22.0. The summed E-state index contributed by atoms with van der Waals surface area (Å²) >= 11 is 0. The number of methoxy groups -OCH3 is 1. The van der Waals surface area contributed by atoms with Crippen molar-refractivity contribution in [3.8, 4) is 0 Å². The molecule has 3 aliphatic heterocycles. The first-order valence-electron chi connectivity index (χ1n) is 32.5. The minimum Gasteiger partial charge on any atom is -0.408 e. The lowest BCUT2D eigenvalue weighted by Crippen LogP contribution is -2.68. The van der Waals surface area contributed by atoms with Crippen molar-refractivity contribution in [3.63, 3.8) is 0 Å². The third-order valence-electron chi connectivity index (χ3n) is 25.6. The number of hydrogen-bond donors (Lipinski definition) is 0. The number of carbonyl (C=O) groups excluding carboxylic acids is 4. The summed E-state index contributed by atoms with van der Waals surface area (Å²) in [6.45, 7) is 40.0. The zero-order valence-corrected chi connectivity index (χ0v) is 55.0. The maximum atomic E-state index is 14.5. The monoisotopic (exact) mass is 1170 g/mol. The van der Waals surface area contributed by atoms with Gasteiger partial charge in [-0.3, -0.25) is 4.79 Å². The Balaban J connectivity index is 0.00000242. The average Bonchev–Trinajstić information content (AvgIpc) is 2.41. The van der Waals surface area contributed by atoms with E-state index in [1.54, 1.807) is 0 Å². The Bertz CT molecular complexity index is 2400. The van der Waals surface area contributed by atoms with Crippen LogP contribution in [0, 0.1) is 85.8 Å². The van der Waals surface area contributed by atoms with E-state index in [2.05, 4.69) is 147 Å². The van der Waals surface area contributed by atoms with Gasteiger partial charge in [0, 0.05) is 18.9 Å². The van der Waals surface area contributed by atoms with E-state index in [1.165, 1.54) is 17.4 Å². The zero-order valence-electron chi connectivity index (χ0n) is 54.0. The number of hydrogen-bond acceptors (Lipinski definition) is 12. The van der Waals surface area contributed by atoms with E-state index in [4.69, 9.17) is 47.2 Å². The predicted molar refractivity (Wildman–Crippen MR) is 327 cm³/mol. The van der Waals surface area contributed by atoms with Gasteiger partial charge in [0.25, 0.3) is 0 Å². The lowest BCUT2D eigenvalue weighted by Gasteiger charge is -2.72. The number of rotatable bonds is 17. The van der Waals surface area contributed by atoms with Gasteiger partial charge in [-0.15, -0.1) is 0 Å². The van der Waals surface area contributed by atoms with Crippen molar-refractivity contribution in [2.75, 3.05) is 13.7 Å². The summed E-state index contributed by atoms with van der Waals surface area (Å²) in [5, 5.41) is 0. The van der Waals surface area contributed by atoms with Crippen LogP contribution in [0.15, 0.2) is 42.0 Å². The molecule has 9 rings (SSSR count). The van der Waals surface area contributed by atoms with E-state index in [-0.39, 0.29) is 95.2 Å². The molecule has 7 fully saturated rings. The highest BCUT2D eigenvalue weighted by Crippen LogP contribution is 2.76. The predicted octanol–water partition coefficient (Wildman–Crippen LogP) is 15.1. The van der Waals surface area contributed by atoms with E-state index in [0.29, 0.717) is 43.0 Å². The molecule has 3 saturated heterocycles. The lowest BCUT2D eigenvalue weighted by molar-refractivity contribution is -0.380. The molecule has 8 aliphatic rings. The molecular weight excluding hydrogens is 1060 g/mol. The van der Waals surface area contributed by atoms with Crippen molar-refractivity contribution in [1.29, 1.82) is 0 Å². The standard InChI is InChI=1S/C68H110O10Si.CO2.CH4/c1-19-51-43(7)44(8)58(78-79(20-2,21-3)22-4)61(73-51)77-59-57(76-60-45(9)42(6)41(5)39-72-60)46(10)52(36-48-26-24-23-25-27-48)74-62(59)75-55-31-32-64(14)53(65(55,15)40-69)30-33-66(16)54(64)29-28-49-50-37-63(12,13)34-35-68(50,47(11)70)56(71-18)38-67(49,66)17;2-1-3;/h23-28,40-46,50-62H,19-22,29-39H2,1-18H3;;1H4/t41-,42+,43-,44+,45?,46-,50?,51?,52?,53-,54?,55+,56?,57+,58?,59?,60+,61+,62+,64?,65-,66+,67-,68-;;/m1../s1. The van der Waals surface area contributed by atoms with Crippen molar-refractivity contribution < 1.29 is 56.8 Å². The normalized spacial score (nSPS) is 45.7. The summed E-state index contributed by atoms with van der Waals surface area (Å²) < 4.78 is 58.5. The molecule has 4 saturated carbocycles. The molecule has 9 unspecified atom stereocenters. The molecule has 3 heterocycles. The molecule has 12 nitrogen and oxygen atoms in total. The van der Waals surface area contributed by atoms with Gasteiger partial charge in [0.05, 0.1) is 54.1 Å². The summed E-state index contributed by atoms with van der Waals surface area (Å²) in [4.78, 5) is 44.9. The number of ether oxygens (including phenoxy) is 7. The van der Waals surface area contributed by atoms with E-state index < -0.39 is 56.3 Å². The Hall–Kier alpha value is -2.42. The van der Waals surface area contributed by atoms with Crippen LogP contribution >= 0.6 is 0 Å². The number of benzene rings is 1. The van der Waals surface area contributed by atoms with Crippen LogP contribution in [-0.2, 0) is 63.2 Å². The van der Waals surface area contributed by atoms with Crippen molar-refractivity contribution in [1.82, 2.24) is 0 Å². The summed E-state index contributed by atoms with van der Waals surface area (Å²) in [5.41, 5.74) is 1.14. The topological polar surface area (TPSA) is 142 Å². The first-order chi connectivity index (χ1) is 38.7. The molecule has 0 N–H and O–H groups in total. The first kappa shape index (κ1) is 68.1. The van der Waals surface area contributed by atoms with Crippen molar-refractivity contribution >= 4 is 26.5 Å². The number of fused-ring (bicyclic) bond motifs is 7. The molecule has 1 aromatic carbocycles. The molecule has 13 heteroatoms. The molecule has 83 heavy (non-hydrogen) atoms. The van der Waals surface area contributed by atoms with E-state index in [9.17, 15) is 9.59 Å². The molecule has 5 aliphatic carbocycles. The van der Waals surface area contributed by atoms with Crippen LogP contribution in [0.3, 0.4) is 0 Å². The highest BCUT2D eigenvalue weighted by atomic mass is 28.4. The second-order valence-corrected chi connectivity index (χ2v) is 34.4. The maximum absolute atomic E-state index is 14.5. The summed E-state index contributed by atoms with van der Waals surface area (Å²) in [6, 6.07) is 13.7. The molecule has 0 spiro atoms. The highest BCUT2D eigenvalue weighted by Gasteiger charge is 2.72. The number of Topliss-reactive ketones (excluding diaryl/α,β-unsaturated/α-hetero) is 1. The van der Waals surface area contributed by atoms with Crippen LogP contribution < -0.4 is 0 Å². The highest BCUT2D eigenvalue weighted by molar-refractivity contribution is 6.73. The number of aldehydes is 1. The van der Waals surface area contributed by atoms with Crippen LogP contribution in [0.1, 0.15) is 195 Å². The number of carbonyl (C=O) groups is 2. The van der Waals surface area contributed by atoms with Gasteiger partial charge in [-0.25, -0.2) is 0 Å². The second kappa shape index (κ2) is 26.3. The summed E-state index contributed by atoms with van der Waals surface area (Å²) in [7, 11) is -0.302. The molecule has 1 aromatic rings. The maximum Gasteiger partial charge on any atom is 0.373 e. The van der Waals surface area contributed by atoms with Crippen LogP contribution in [0.5, 0.6) is 0 Å². The average molecular weight is 1180 g/mol. The van der Waals surface area contributed by atoms with Gasteiger partial charge >= 0.3 is 6.15 Å². The Labute approximate surface area is 503 Å². The van der Waals surface area contributed by atoms with Gasteiger partial charge in [-0.05, 0) is 164 Å². The Morgan fingerprint density at radius 1 is 0.711 bits per heavy atom. The van der Waals surface area contributed by atoms with Gasteiger partial charge < -0.3 is 42.4 Å². The van der Waals surface area contributed by atoms with Crippen LogP contribution in [-0.4, -0.2) is 102 Å². The third-order valence-corrected chi connectivity index (χ3v) is 30.2. The summed E-state index contributed by atoms with van der Waals surface area (Å²) in [6.07, 6.45) is 9.48. The van der Waals surface area contributed by atoms with Crippen LogP contribution in [0.2, 0.25) is 18.1 Å². The smallest absolute Gasteiger partial charge is 0.373 e. The molecule has 0 aromatic heterocycles. The molecular formula is C70H114O12Si. The fraction of sp³-hybridized carbons (Fsp3) is 0.843. The van der Waals surface area contributed by atoms with E-state index in [1.807, 2.05) is 14.0 Å². The molecule has 470 valence electrons. The van der Waals surface area contributed by atoms with Crippen molar-refractivity contribution in [3.05, 3.63) is 47.5 Å². The van der Waals surface area contributed by atoms with Gasteiger partial charge in [-0.2, -0.15) is 9.59 Å². The van der Waals surface area contributed by atoms with Gasteiger partial charge in [0.15, 0.2) is 27.2 Å². The van der Waals surface area contributed by atoms with Crippen LogP contribution in [0.25, 0.3) is 0 Å². The fourth-order valence-electron chi connectivity index (χ4n) is 19.1. The Morgan fingerprint density at radius 3 is 1.94 bits per heavy atom. The minimum absolute atomic E-state index is 0. The lowest BCUT2D eigenvalue weighted by atomic mass is 9.33. The minimum atomic E-state index is -2.15. The SMILES string of the molecule is C.CCC1O[C@@H](OC2[C@H](O[C@H]3CCC4(C)C5CC=C6C7CC(C)(C)CC[C@]7(C(C)=O)C(OC)C[C@@]6(C)[C@@]5(C)CC[C@H]4[C@@]3(C)C=O)OC(Cc3ccccc3)[C@@H](C)[C@@H]2O[C@@H]2OC[C@@H](C)[C@H](C)C2C)C(O[Si](CC)(CC)CC)[C@@H](C)[C@H]1C.O=C=O. The van der Waals surface area contributed by atoms with Gasteiger partial charge in [0.2, 0.25) is 0 Å². The number of allylic oxidation sites excluding steroid dienone is 2. The number of ketones is 1. The molecule has 0 bridgehead atoms. The molecule has 24 atom stereocenters. The van der Waals surface area contributed by atoms with Gasteiger partial charge in [-0.1, -0.05) is 160 Å². The third kappa shape index (κ3) is 11.9. The van der Waals surface area contributed by atoms with E-state index in [0.717, 1.165) is 75.9 Å². The summed E-state index contributed by atoms with van der Waals surface area (Å²) in [5.74, 6) is 2.11. The molecule has 0 radical (unpaired) electrons. The second-order valence-electron chi connectivity index (χ2n) is 29.7. The zero-order chi connectivity index (χ0) is 60.1. The first-order valence-corrected chi connectivity index (χ1v) is 35.1. The van der Waals surface area contributed by atoms with Gasteiger partial charge in [0.1, 0.15) is 18.2 Å². The van der Waals surface area contributed by atoms with Crippen molar-refractivity contribution in [2.24, 2.45) is 85.8 Å². The van der Waals surface area contributed by atoms with E-state index >= 15 is 0 Å². The molecule has 0 amide bonds. The van der Waals surface area contributed by atoms with Crippen LogP contribution in [0.4, 0.5) is 0 Å². The Kier molecular flexibility index (Phi) is 21.6. The Morgan fingerprint density at radius 2 is 1.34 bits per heavy atom. The quantitative estimate of drug-likeness (QED) is 0.0634. The van der Waals surface area contributed by atoms with Crippen molar-refractivity contribution in [2.45, 2.75) is 275 Å². The largest absolute Gasteiger partial charge is 0.408 e.